The summed E-state index contributed by atoms with van der Waals surface area (Å²) >= 11 is 0. The summed E-state index contributed by atoms with van der Waals surface area (Å²) in [6.07, 6.45) is 0. The van der Waals surface area contributed by atoms with Gasteiger partial charge in [-0.25, -0.2) is 0 Å². The molecule has 1 aliphatic heterocycles. The first-order valence-corrected chi connectivity index (χ1v) is 9.56. The van der Waals surface area contributed by atoms with Gasteiger partial charge in [-0.2, -0.15) is 0 Å². The number of rotatable bonds is 5. The van der Waals surface area contributed by atoms with E-state index in [2.05, 4.69) is 16.0 Å². The van der Waals surface area contributed by atoms with Crippen LogP contribution in [0.5, 0.6) is 17.2 Å². The van der Waals surface area contributed by atoms with Crippen LogP contribution in [0, 0.1) is 0 Å². The maximum atomic E-state index is 13.0. The average Bonchev–Trinajstić information content (AvgIpc) is 3.20. The summed E-state index contributed by atoms with van der Waals surface area (Å²) in [5.41, 5.74) is 2.53. The maximum Gasteiger partial charge on any atom is 0.270 e. The number of anilines is 1. The number of ether oxygens (including phenoxy) is 3. The largest absolute Gasteiger partial charge is 0.497 e. The van der Waals surface area contributed by atoms with Crippen molar-refractivity contribution in [3.8, 4) is 17.2 Å². The molecule has 1 saturated heterocycles. The Bertz CT molecular complexity index is 981. The molecule has 0 unspecified atom stereocenters. The predicted octanol–water partition coefficient (Wildman–Crippen LogP) is 3.16. The van der Waals surface area contributed by atoms with Crippen LogP contribution in [0.3, 0.4) is 0 Å². The van der Waals surface area contributed by atoms with Crippen LogP contribution < -0.4 is 19.1 Å². The molecule has 29 heavy (non-hydrogen) atoms. The predicted molar refractivity (Wildman–Crippen MR) is 113 cm³/mol. The minimum Gasteiger partial charge on any atom is -0.497 e. The minimum absolute atomic E-state index is 0.00410. The Morgan fingerprint density at radius 1 is 0.897 bits per heavy atom. The second kappa shape index (κ2) is 7.95. The van der Waals surface area contributed by atoms with Gasteiger partial charge in [-0.3, -0.25) is 4.79 Å². The number of amides is 1. The van der Waals surface area contributed by atoms with E-state index in [1.807, 2.05) is 41.3 Å². The van der Waals surface area contributed by atoms with Gasteiger partial charge >= 0.3 is 0 Å². The summed E-state index contributed by atoms with van der Waals surface area (Å²) in [5.74, 6) is 2.12. The van der Waals surface area contributed by atoms with Crippen molar-refractivity contribution in [2.45, 2.75) is 0 Å². The number of fused-ring (bicyclic) bond motifs is 1. The molecule has 1 aliphatic rings. The van der Waals surface area contributed by atoms with Crippen LogP contribution in [0.2, 0.25) is 0 Å². The molecule has 152 valence electrons. The van der Waals surface area contributed by atoms with Gasteiger partial charge in [0.15, 0.2) is 11.5 Å². The summed E-state index contributed by atoms with van der Waals surface area (Å²) in [4.78, 5) is 20.4. The number of carbonyl (C=O) groups is 1. The monoisotopic (exact) mass is 395 g/mol. The number of hydrogen-bond acceptors (Lipinski definition) is 5. The Morgan fingerprint density at radius 3 is 2.31 bits per heavy atom. The molecule has 0 aliphatic carbocycles. The van der Waals surface area contributed by atoms with Crippen LogP contribution in [0.15, 0.2) is 42.5 Å². The number of nitrogens with one attached hydrogen (secondary N) is 1. The fourth-order valence-electron chi connectivity index (χ4n) is 3.72. The number of benzene rings is 2. The first-order valence-electron chi connectivity index (χ1n) is 9.56. The number of piperazine rings is 1. The number of methoxy groups -OCH3 is 3. The molecule has 0 saturated carbocycles. The SMILES string of the molecule is COc1cccc(N2CCN(C(=O)c3cc4cc(OC)c(OC)cc4[nH]3)CC2)c1. The number of aromatic amines is 1. The lowest BCUT2D eigenvalue weighted by Crippen LogP contribution is -2.48. The van der Waals surface area contributed by atoms with Crippen molar-refractivity contribution in [3.63, 3.8) is 0 Å². The Labute approximate surface area is 169 Å². The van der Waals surface area contributed by atoms with E-state index in [0.717, 1.165) is 35.4 Å². The fourth-order valence-corrected chi connectivity index (χ4v) is 3.72. The van der Waals surface area contributed by atoms with Gasteiger partial charge in [0.05, 0.1) is 21.3 Å². The zero-order valence-corrected chi connectivity index (χ0v) is 16.9. The third-order valence-corrected chi connectivity index (χ3v) is 5.34. The molecule has 0 spiro atoms. The van der Waals surface area contributed by atoms with Gasteiger partial charge in [0, 0.05) is 54.9 Å². The molecule has 1 amide bonds. The van der Waals surface area contributed by atoms with Crippen LogP contribution in [-0.2, 0) is 0 Å². The Morgan fingerprint density at radius 2 is 1.62 bits per heavy atom. The third-order valence-electron chi connectivity index (χ3n) is 5.34. The molecule has 0 bridgehead atoms. The van der Waals surface area contributed by atoms with E-state index in [1.165, 1.54) is 0 Å². The van der Waals surface area contributed by atoms with Crippen molar-refractivity contribution in [3.05, 3.63) is 48.2 Å². The molecule has 0 radical (unpaired) electrons. The summed E-state index contributed by atoms with van der Waals surface area (Å²) in [5, 5.41) is 0.918. The lowest BCUT2D eigenvalue weighted by molar-refractivity contribution is 0.0742. The summed E-state index contributed by atoms with van der Waals surface area (Å²) in [6.45, 7) is 2.89. The van der Waals surface area contributed by atoms with Crippen LogP contribution in [0.1, 0.15) is 10.5 Å². The van der Waals surface area contributed by atoms with Gasteiger partial charge in [0.25, 0.3) is 5.91 Å². The van der Waals surface area contributed by atoms with Crippen LogP contribution in [0.4, 0.5) is 5.69 Å². The van der Waals surface area contributed by atoms with Crippen molar-refractivity contribution in [2.75, 3.05) is 52.4 Å². The van der Waals surface area contributed by atoms with E-state index < -0.39 is 0 Å². The first kappa shape index (κ1) is 19.0. The highest BCUT2D eigenvalue weighted by Crippen LogP contribution is 2.32. The summed E-state index contributed by atoms with van der Waals surface area (Å²) in [7, 11) is 4.87. The first-order chi connectivity index (χ1) is 14.1. The van der Waals surface area contributed by atoms with E-state index in [9.17, 15) is 4.79 Å². The Balaban J connectivity index is 1.48. The molecule has 1 N–H and O–H groups in total. The molecule has 7 nitrogen and oxygen atoms in total. The van der Waals surface area contributed by atoms with Crippen molar-refractivity contribution >= 4 is 22.5 Å². The topological polar surface area (TPSA) is 67.0 Å². The van der Waals surface area contributed by atoms with E-state index in [0.29, 0.717) is 30.3 Å². The lowest BCUT2D eigenvalue weighted by atomic mass is 10.2. The number of nitrogens with zero attached hydrogens (tertiary/aromatic N) is 2. The van der Waals surface area contributed by atoms with Gasteiger partial charge < -0.3 is 29.0 Å². The van der Waals surface area contributed by atoms with Crippen molar-refractivity contribution in [1.82, 2.24) is 9.88 Å². The summed E-state index contributed by atoms with van der Waals surface area (Å²) in [6, 6.07) is 13.6. The number of H-pyrrole nitrogens is 1. The smallest absolute Gasteiger partial charge is 0.270 e. The zero-order valence-electron chi connectivity index (χ0n) is 16.9. The molecular weight excluding hydrogens is 370 g/mol. The second-order valence-electron chi connectivity index (χ2n) is 6.96. The van der Waals surface area contributed by atoms with Crippen LogP contribution >= 0.6 is 0 Å². The summed E-state index contributed by atoms with van der Waals surface area (Å²) < 4.78 is 16.0. The van der Waals surface area contributed by atoms with Crippen LogP contribution in [0.25, 0.3) is 10.9 Å². The number of aromatic nitrogens is 1. The number of carbonyl (C=O) groups excluding carboxylic acids is 1. The average molecular weight is 395 g/mol. The van der Waals surface area contributed by atoms with Gasteiger partial charge in [-0.1, -0.05) is 6.07 Å². The normalized spacial score (nSPS) is 14.2. The fraction of sp³-hybridized carbons (Fsp3) is 0.318. The van der Waals surface area contributed by atoms with Crippen LogP contribution in [-0.4, -0.2) is 63.3 Å². The molecule has 2 aromatic carbocycles. The molecule has 3 aromatic rings. The van der Waals surface area contributed by atoms with Gasteiger partial charge in [0.2, 0.25) is 0 Å². The highest BCUT2D eigenvalue weighted by Gasteiger charge is 2.24. The Kier molecular flexibility index (Phi) is 5.20. The molecule has 0 atom stereocenters. The lowest BCUT2D eigenvalue weighted by Gasteiger charge is -2.36. The minimum atomic E-state index is 0.00410. The molecule has 1 aromatic heterocycles. The van der Waals surface area contributed by atoms with Gasteiger partial charge in [-0.15, -0.1) is 0 Å². The second-order valence-corrected chi connectivity index (χ2v) is 6.96. The van der Waals surface area contributed by atoms with E-state index in [1.54, 1.807) is 21.3 Å². The molecular formula is C22H25N3O4. The highest BCUT2D eigenvalue weighted by atomic mass is 16.5. The zero-order chi connectivity index (χ0) is 20.4. The molecule has 4 rings (SSSR count). The Hall–Kier alpha value is -3.35. The third kappa shape index (κ3) is 3.68. The maximum absolute atomic E-state index is 13.0. The molecule has 1 fully saturated rings. The van der Waals surface area contributed by atoms with Crippen molar-refractivity contribution in [1.29, 1.82) is 0 Å². The van der Waals surface area contributed by atoms with E-state index >= 15 is 0 Å². The van der Waals surface area contributed by atoms with Gasteiger partial charge in [0.1, 0.15) is 11.4 Å². The standard InChI is InChI=1S/C22H25N3O4/c1-27-17-6-4-5-16(13-17)24-7-9-25(10-8-24)22(26)19-11-15-12-20(28-2)21(29-3)14-18(15)23-19/h4-6,11-14,23H,7-10H2,1-3H3. The van der Waals surface area contributed by atoms with E-state index in [-0.39, 0.29) is 5.91 Å². The number of hydrogen-bond donors (Lipinski definition) is 1. The molecule has 7 heteroatoms. The van der Waals surface area contributed by atoms with E-state index in [4.69, 9.17) is 14.2 Å². The van der Waals surface area contributed by atoms with Gasteiger partial charge in [-0.05, 0) is 24.3 Å². The molecule has 2 heterocycles. The van der Waals surface area contributed by atoms with Crippen molar-refractivity contribution in [2.24, 2.45) is 0 Å². The highest BCUT2D eigenvalue weighted by molar-refractivity contribution is 5.98. The van der Waals surface area contributed by atoms with Crippen molar-refractivity contribution < 1.29 is 19.0 Å². The quantitative estimate of drug-likeness (QED) is 0.719.